The average Bonchev–Trinajstić information content (AvgIpc) is 2.94. The first-order valence-electron chi connectivity index (χ1n) is 10.1. The summed E-state index contributed by atoms with van der Waals surface area (Å²) in [6, 6.07) is 0.921. The molecule has 0 aromatic heterocycles. The Balaban J connectivity index is 1.64. The SMILES string of the molecule is O=C(NCc1c(F)cc(F)cc1F)C1=CN2C(=C(O)C1O)C(=O)N1CCCCC2(CF)C1. The van der Waals surface area contributed by atoms with Crippen molar-refractivity contribution in [3.8, 4) is 0 Å². The zero-order valence-electron chi connectivity index (χ0n) is 16.9. The molecule has 0 aliphatic carbocycles. The highest BCUT2D eigenvalue weighted by Gasteiger charge is 2.51. The molecule has 172 valence electrons. The lowest BCUT2D eigenvalue weighted by Crippen LogP contribution is -2.63. The molecule has 2 fully saturated rings. The number of rotatable bonds is 4. The van der Waals surface area contributed by atoms with Crippen LogP contribution in [0.25, 0.3) is 0 Å². The smallest absolute Gasteiger partial charge is 0.274 e. The maximum absolute atomic E-state index is 14.3. The molecule has 32 heavy (non-hydrogen) atoms. The number of hydrogen-bond donors (Lipinski definition) is 3. The van der Waals surface area contributed by atoms with E-state index < -0.39 is 71.0 Å². The van der Waals surface area contributed by atoms with Gasteiger partial charge in [-0.25, -0.2) is 17.6 Å². The Bertz CT molecular complexity index is 1020. The van der Waals surface area contributed by atoms with Crippen LogP contribution in [0.15, 0.2) is 35.4 Å². The molecule has 2 unspecified atom stereocenters. The summed E-state index contributed by atoms with van der Waals surface area (Å²) in [6.45, 7) is -1.11. The molecule has 0 saturated carbocycles. The van der Waals surface area contributed by atoms with Crippen molar-refractivity contribution in [3.05, 3.63) is 58.4 Å². The molecular formula is C21H21F4N3O4. The fourth-order valence-corrected chi connectivity index (χ4v) is 4.42. The van der Waals surface area contributed by atoms with Crippen molar-refractivity contribution in [1.29, 1.82) is 0 Å². The molecule has 1 aromatic carbocycles. The standard InChI is InChI=1S/C21H21F4N3O4/c22-9-21-3-1-2-4-27(10-21)20(32)16-18(30)17(29)13(8-28(16)21)19(31)26-7-12-14(24)5-11(23)6-15(12)25/h5-6,8,17,29-30H,1-4,7,9-10H2,(H,26,31). The summed E-state index contributed by atoms with van der Waals surface area (Å²) < 4.78 is 55.0. The van der Waals surface area contributed by atoms with Gasteiger partial charge < -0.3 is 25.3 Å². The maximum atomic E-state index is 14.3. The third-order valence-corrected chi connectivity index (χ3v) is 6.15. The van der Waals surface area contributed by atoms with Gasteiger partial charge in [-0.05, 0) is 19.3 Å². The largest absolute Gasteiger partial charge is 0.507 e. The number of nitrogens with one attached hydrogen (secondary N) is 1. The Hall–Kier alpha value is -3.08. The van der Waals surface area contributed by atoms with Crippen molar-refractivity contribution in [2.45, 2.75) is 37.5 Å². The van der Waals surface area contributed by atoms with E-state index in [0.717, 1.165) is 6.20 Å². The molecule has 3 aliphatic rings. The first kappa shape index (κ1) is 22.1. The maximum Gasteiger partial charge on any atom is 0.274 e. The van der Waals surface area contributed by atoms with E-state index in [4.69, 9.17) is 0 Å². The van der Waals surface area contributed by atoms with Gasteiger partial charge in [0.15, 0.2) is 5.76 Å². The number of hydrogen-bond acceptors (Lipinski definition) is 5. The molecule has 2 saturated heterocycles. The van der Waals surface area contributed by atoms with E-state index in [0.29, 0.717) is 37.9 Å². The summed E-state index contributed by atoms with van der Waals surface area (Å²) in [5.41, 5.74) is -2.53. The lowest BCUT2D eigenvalue weighted by molar-refractivity contribution is -0.136. The summed E-state index contributed by atoms with van der Waals surface area (Å²) in [4.78, 5) is 28.1. The molecule has 3 N–H and O–H groups in total. The molecule has 0 spiro atoms. The molecule has 7 nitrogen and oxygen atoms in total. The molecule has 1 aromatic rings. The highest BCUT2D eigenvalue weighted by atomic mass is 19.1. The lowest BCUT2D eigenvalue weighted by Gasteiger charge is -2.50. The van der Waals surface area contributed by atoms with Gasteiger partial charge in [0.25, 0.3) is 11.8 Å². The number of carbonyl (C=O) groups excluding carboxylic acids is 2. The number of piperazine rings is 1. The van der Waals surface area contributed by atoms with Crippen LogP contribution < -0.4 is 5.32 Å². The number of nitrogens with zero attached hydrogens (tertiary/aromatic N) is 2. The highest BCUT2D eigenvalue weighted by Crippen LogP contribution is 2.41. The Morgan fingerprint density at radius 3 is 2.56 bits per heavy atom. The molecule has 2 amide bonds. The van der Waals surface area contributed by atoms with E-state index in [2.05, 4.69) is 5.32 Å². The van der Waals surface area contributed by atoms with Gasteiger partial charge in [0.2, 0.25) is 0 Å². The molecule has 4 rings (SSSR count). The Kier molecular flexibility index (Phi) is 5.61. The number of aliphatic hydroxyl groups excluding tert-OH is 2. The number of fused-ring (bicyclic) bond motifs is 4. The second-order valence-electron chi connectivity index (χ2n) is 8.16. The van der Waals surface area contributed by atoms with Crippen LogP contribution in [0.4, 0.5) is 17.6 Å². The van der Waals surface area contributed by atoms with Crippen molar-refractivity contribution >= 4 is 11.8 Å². The van der Waals surface area contributed by atoms with Crippen molar-refractivity contribution in [1.82, 2.24) is 15.1 Å². The van der Waals surface area contributed by atoms with E-state index in [-0.39, 0.29) is 12.2 Å². The first-order chi connectivity index (χ1) is 15.2. The van der Waals surface area contributed by atoms with E-state index in [1.165, 1.54) is 9.80 Å². The lowest BCUT2D eigenvalue weighted by atomic mass is 9.87. The fraction of sp³-hybridized carbons (Fsp3) is 0.429. The number of halogens is 4. The van der Waals surface area contributed by atoms with Crippen molar-refractivity contribution in [2.24, 2.45) is 0 Å². The summed E-state index contributed by atoms with van der Waals surface area (Å²) in [5, 5.41) is 23.2. The Morgan fingerprint density at radius 2 is 1.91 bits per heavy atom. The van der Waals surface area contributed by atoms with Crippen LogP contribution >= 0.6 is 0 Å². The summed E-state index contributed by atoms with van der Waals surface area (Å²) >= 11 is 0. The Labute approximate surface area is 180 Å². The van der Waals surface area contributed by atoms with Crippen LogP contribution in [-0.4, -0.2) is 63.2 Å². The van der Waals surface area contributed by atoms with Crippen LogP contribution in [0.1, 0.15) is 24.8 Å². The third kappa shape index (κ3) is 3.50. The van der Waals surface area contributed by atoms with Crippen LogP contribution in [0.3, 0.4) is 0 Å². The highest BCUT2D eigenvalue weighted by molar-refractivity contribution is 5.99. The van der Waals surface area contributed by atoms with E-state index in [1.54, 1.807) is 0 Å². The molecular weight excluding hydrogens is 434 g/mol. The zero-order chi connectivity index (χ0) is 23.2. The number of aliphatic hydroxyl groups is 2. The molecule has 2 bridgehead atoms. The van der Waals surface area contributed by atoms with Gasteiger partial charge in [-0.3, -0.25) is 9.59 Å². The van der Waals surface area contributed by atoms with Crippen molar-refractivity contribution < 1.29 is 37.4 Å². The second kappa shape index (κ2) is 8.12. The summed E-state index contributed by atoms with van der Waals surface area (Å²) in [7, 11) is 0. The summed E-state index contributed by atoms with van der Waals surface area (Å²) in [5.74, 6) is -5.91. The van der Waals surface area contributed by atoms with E-state index in [9.17, 15) is 37.4 Å². The number of benzene rings is 1. The predicted molar refractivity (Wildman–Crippen MR) is 103 cm³/mol. The quantitative estimate of drug-likeness (QED) is 0.602. The van der Waals surface area contributed by atoms with E-state index >= 15 is 0 Å². The number of amides is 2. The molecule has 0 radical (unpaired) electrons. The van der Waals surface area contributed by atoms with Gasteiger partial charge in [-0.2, -0.15) is 0 Å². The minimum atomic E-state index is -1.90. The van der Waals surface area contributed by atoms with Gasteiger partial charge in [0, 0.05) is 43.5 Å². The van der Waals surface area contributed by atoms with Crippen molar-refractivity contribution in [3.63, 3.8) is 0 Å². The number of alkyl halides is 1. The Morgan fingerprint density at radius 1 is 1.22 bits per heavy atom. The fourth-order valence-electron chi connectivity index (χ4n) is 4.42. The monoisotopic (exact) mass is 455 g/mol. The minimum Gasteiger partial charge on any atom is -0.507 e. The predicted octanol–water partition coefficient (Wildman–Crippen LogP) is 1.78. The average molecular weight is 455 g/mol. The van der Waals surface area contributed by atoms with Crippen LogP contribution in [-0.2, 0) is 16.1 Å². The van der Waals surface area contributed by atoms with Gasteiger partial charge in [-0.1, -0.05) is 0 Å². The second-order valence-corrected chi connectivity index (χ2v) is 8.16. The molecule has 11 heteroatoms. The minimum absolute atomic E-state index is 0.0482. The van der Waals surface area contributed by atoms with Crippen LogP contribution in [0.5, 0.6) is 0 Å². The third-order valence-electron chi connectivity index (χ3n) is 6.15. The molecule has 3 heterocycles. The van der Waals surface area contributed by atoms with Gasteiger partial charge in [0.05, 0.1) is 11.1 Å². The molecule has 2 atom stereocenters. The molecule has 3 aliphatic heterocycles. The van der Waals surface area contributed by atoms with Gasteiger partial charge in [0.1, 0.15) is 35.9 Å². The normalized spacial score (nSPS) is 25.3. The van der Waals surface area contributed by atoms with Crippen LogP contribution in [0.2, 0.25) is 0 Å². The first-order valence-corrected chi connectivity index (χ1v) is 10.1. The van der Waals surface area contributed by atoms with Gasteiger partial charge in [-0.15, -0.1) is 0 Å². The van der Waals surface area contributed by atoms with Crippen LogP contribution in [0, 0.1) is 17.5 Å². The topological polar surface area (TPSA) is 93.1 Å². The summed E-state index contributed by atoms with van der Waals surface area (Å²) in [6.07, 6.45) is 0.804. The number of carbonyl (C=O) groups is 2. The zero-order valence-corrected chi connectivity index (χ0v) is 16.9. The van der Waals surface area contributed by atoms with E-state index in [1.807, 2.05) is 0 Å². The van der Waals surface area contributed by atoms with Gasteiger partial charge >= 0.3 is 0 Å². The van der Waals surface area contributed by atoms with Crippen molar-refractivity contribution in [2.75, 3.05) is 19.8 Å².